The third kappa shape index (κ3) is 4.56. The summed E-state index contributed by atoms with van der Waals surface area (Å²) in [6, 6.07) is 6.94. The highest BCUT2D eigenvalue weighted by molar-refractivity contribution is 7.22. The number of benzene rings is 1. The average Bonchev–Trinajstić information content (AvgIpc) is 3.15. The third-order valence-corrected chi connectivity index (χ3v) is 6.60. The van der Waals surface area contributed by atoms with Crippen LogP contribution in [0.3, 0.4) is 0 Å². The number of anilines is 1. The van der Waals surface area contributed by atoms with E-state index in [2.05, 4.69) is 20.5 Å². The molecule has 2 amide bonds. The normalized spacial score (nSPS) is 14.5. The predicted octanol–water partition coefficient (Wildman–Crippen LogP) is 6.32. The first kappa shape index (κ1) is 21.7. The first-order valence-corrected chi connectivity index (χ1v) is 11.2. The van der Waals surface area contributed by atoms with Crippen LogP contribution in [0.5, 0.6) is 0 Å². The van der Waals surface area contributed by atoms with Gasteiger partial charge in [-0.1, -0.05) is 45.8 Å². The van der Waals surface area contributed by atoms with Crippen LogP contribution in [0.25, 0.3) is 15.8 Å². The number of hydrogen-bond acceptors (Lipinski definition) is 6. The zero-order valence-corrected chi connectivity index (χ0v) is 19.2. The molecule has 0 saturated heterocycles. The Balaban J connectivity index is 1.44. The van der Waals surface area contributed by atoms with Crippen molar-refractivity contribution >= 4 is 61.5 Å². The largest absolute Gasteiger partial charge is 0.323 e. The van der Waals surface area contributed by atoms with Gasteiger partial charge in [-0.15, -0.1) is 4.91 Å². The SMILES string of the molecule is CC(C)(N=O)c1cnc(C2=CCN(C(=O)Nc3nc4ccc(Cl)cc4s3)CC2)c(Cl)c1. The molecule has 1 aromatic carbocycles. The molecule has 31 heavy (non-hydrogen) atoms. The fraction of sp³-hybridized carbons (Fsp3) is 0.286. The van der Waals surface area contributed by atoms with Crippen LogP contribution in [-0.4, -0.2) is 34.0 Å². The van der Waals surface area contributed by atoms with Gasteiger partial charge in [-0.3, -0.25) is 10.3 Å². The molecule has 0 radical (unpaired) electrons. The predicted molar refractivity (Wildman–Crippen MR) is 126 cm³/mol. The minimum atomic E-state index is -0.892. The molecule has 1 aliphatic heterocycles. The number of carbonyl (C=O) groups excluding carboxylic acids is 1. The number of nitrogens with one attached hydrogen (secondary N) is 1. The maximum atomic E-state index is 12.7. The Labute approximate surface area is 193 Å². The van der Waals surface area contributed by atoms with Crippen LogP contribution in [0.2, 0.25) is 10.0 Å². The topological polar surface area (TPSA) is 87.5 Å². The summed E-state index contributed by atoms with van der Waals surface area (Å²) in [5, 5.41) is 7.62. The summed E-state index contributed by atoms with van der Waals surface area (Å²) in [6.07, 6.45) is 4.18. The standard InChI is InChI=1S/C21H19Cl2N5O2S/c1-21(2,27-30)13-9-15(23)18(24-11-13)12-5-7-28(8-6-12)20(29)26-19-25-16-4-3-14(22)10-17(16)31-19/h3-5,9-11H,6-8H2,1-2H3,(H,25,26,29). The first-order valence-electron chi connectivity index (χ1n) is 9.59. The quantitative estimate of drug-likeness (QED) is 0.447. The van der Waals surface area contributed by atoms with Crippen LogP contribution in [-0.2, 0) is 5.54 Å². The van der Waals surface area contributed by atoms with E-state index >= 15 is 0 Å². The molecule has 0 atom stereocenters. The third-order valence-electron chi connectivity index (χ3n) is 5.14. The minimum absolute atomic E-state index is 0.214. The second-order valence-corrected chi connectivity index (χ2v) is 9.57. The van der Waals surface area contributed by atoms with E-state index in [9.17, 15) is 9.70 Å². The Morgan fingerprint density at radius 3 is 2.77 bits per heavy atom. The zero-order chi connectivity index (χ0) is 22.2. The van der Waals surface area contributed by atoms with Gasteiger partial charge < -0.3 is 4.90 Å². The van der Waals surface area contributed by atoms with Gasteiger partial charge in [0.1, 0.15) is 5.54 Å². The first-order chi connectivity index (χ1) is 14.8. The van der Waals surface area contributed by atoms with Gasteiger partial charge in [-0.05, 0) is 50.1 Å². The van der Waals surface area contributed by atoms with Crippen molar-refractivity contribution in [2.45, 2.75) is 25.8 Å². The van der Waals surface area contributed by atoms with E-state index in [1.807, 2.05) is 18.2 Å². The van der Waals surface area contributed by atoms with Gasteiger partial charge in [0, 0.05) is 29.9 Å². The highest BCUT2D eigenvalue weighted by Crippen LogP contribution is 2.32. The molecule has 0 spiro atoms. The maximum Gasteiger partial charge on any atom is 0.323 e. The summed E-state index contributed by atoms with van der Waals surface area (Å²) < 4.78 is 0.917. The molecular formula is C21H19Cl2N5O2S. The molecule has 0 saturated carbocycles. The van der Waals surface area contributed by atoms with Crippen molar-refractivity contribution in [2.24, 2.45) is 5.18 Å². The number of thiazole rings is 1. The monoisotopic (exact) mass is 475 g/mol. The van der Waals surface area contributed by atoms with Crippen LogP contribution in [0, 0.1) is 4.91 Å². The smallest absolute Gasteiger partial charge is 0.320 e. The van der Waals surface area contributed by atoms with Gasteiger partial charge in [0.2, 0.25) is 0 Å². The van der Waals surface area contributed by atoms with E-state index in [1.54, 1.807) is 37.1 Å². The lowest BCUT2D eigenvalue weighted by molar-refractivity contribution is 0.217. The molecule has 2 aromatic heterocycles. The van der Waals surface area contributed by atoms with Gasteiger partial charge in [0.15, 0.2) is 5.13 Å². The number of halogens is 2. The Hall–Kier alpha value is -2.55. The highest BCUT2D eigenvalue weighted by Gasteiger charge is 2.25. The van der Waals surface area contributed by atoms with Gasteiger partial charge in [0.05, 0.1) is 20.9 Å². The van der Waals surface area contributed by atoms with E-state index in [0.717, 1.165) is 15.8 Å². The number of nitroso groups, excluding NO2 is 1. The number of hydrogen-bond donors (Lipinski definition) is 1. The Morgan fingerprint density at radius 2 is 2.10 bits per heavy atom. The fourth-order valence-electron chi connectivity index (χ4n) is 3.25. The number of fused-ring (bicyclic) bond motifs is 1. The molecule has 3 aromatic rings. The molecule has 10 heteroatoms. The summed E-state index contributed by atoms with van der Waals surface area (Å²) in [5.41, 5.74) is 2.19. The van der Waals surface area contributed by atoms with E-state index in [0.29, 0.717) is 45.9 Å². The lowest BCUT2D eigenvalue weighted by atomic mass is 9.96. The summed E-state index contributed by atoms with van der Waals surface area (Å²) in [5.74, 6) is 0. The van der Waals surface area contributed by atoms with Crippen LogP contribution in [0.1, 0.15) is 31.5 Å². The molecule has 7 nitrogen and oxygen atoms in total. The molecule has 3 heterocycles. The number of amides is 2. The van der Waals surface area contributed by atoms with Gasteiger partial charge in [-0.2, -0.15) is 0 Å². The minimum Gasteiger partial charge on any atom is -0.320 e. The summed E-state index contributed by atoms with van der Waals surface area (Å²) in [6.45, 7) is 4.38. The maximum absolute atomic E-state index is 12.7. The molecule has 0 unspecified atom stereocenters. The molecular weight excluding hydrogens is 457 g/mol. The molecule has 1 N–H and O–H groups in total. The van der Waals surface area contributed by atoms with Crippen molar-refractivity contribution in [2.75, 3.05) is 18.4 Å². The molecule has 0 fully saturated rings. The van der Waals surface area contributed by atoms with Crippen molar-refractivity contribution < 1.29 is 4.79 Å². The van der Waals surface area contributed by atoms with Gasteiger partial charge in [0.25, 0.3) is 0 Å². The number of pyridine rings is 1. The molecule has 0 aliphatic carbocycles. The number of urea groups is 1. The van der Waals surface area contributed by atoms with Crippen molar-refractivity contribution in [3.8, 4) is 0 Å². The fourth-order valence-corrected chi connectivity index (χ4v) is 4.67. The van der Waals surface area contributed by atoms with E-state index in [4.69, 9.17) is 23.2 Å². The van der Waals surface area contributed by atoms with Crippen LogP contribution in [0.4, 0.5) is 9.93 Å². The van der Waals surface area contributed by atoms with Crippen molar-refractivity contribution in [3.63, 3.8) is 0 Å². The second kappa shape index (κ2) is 8.53. The van der Waals surface area contributed by atoms with Crippen LogP contribution in [0.15, 0.2) is 41.7 Å². The number of aromatic nitrogens is 2. The van der Waals surface area contributed by atoms with Crippen LogP contribution < -0.4 is 5.32 Å². The highest BCUT2D eigenvalue weighted by atomic mass is 35.5. The van der Waals surface area contributed by atoms with Crippen molar-refractivity contribution in [1.82, 2.24) is 14.9 Å². The Bertz CT molecular complexity index is 1210. The van der Waals surface area contributed by atoms with E-state index in [-0.39, 0.29) is 6.03 Å². The molecule has 160 valence electrons. The summed E-state index contributed by atoms with van der Waals surface area (Å²) in [7, 11) is 0. The molecule has 0 bridgehead atoms. The van der Waals surface area contributed by atoms with E-state index in [1.165, 1.54) is 11.3 Å². The van der Waals surface area contributed by atoms with Gasteiger partial charge in [-0.25, -0.2) is 9.78 Å². The Kier molecular flexibility index (Phi) is 5.96. The summed E-state index contributed by atoms with van der Waals surface area (Å²) in [4.78, 5) is 34.3. The lowest BCUT2D eigenvalue weighted by Gasteiger charge is -2.26. The molecule has 1 aliphatic rings. The van der Waals surface area contributed by atoms with Crippen molar-refractivity contribution in [1.29, 1.82) is 0 Å². The number of nitrogens with zero attached hydrogens (tertiary/aromatic N) is 4. The number of carbonyl (C=O) groups is 1. The zero-order valence-electron chi connectivity index (χ0n) is 16.9. The van der Waals surface area contributed by atoms with Gasteiger partial charge >= 0.3 is 6.03 Å². The second-order valence-electron chi connectivity index (χ2n) is 7.69. The van der Waals surface area contributed by atoms with E-state index < -0.39 is 5.54 Å². The number of rotatable bonds is 4. The van der Waals surface area contributed by atoms with Crippen molar-refractivity contribution in [3.05, 3.63) is 62.7 Å². The molecule has 4 rings (SSSR count). The average molecular weight is 476 g/mol. The Morgan fingerprint density at radius 1 is 1.29 bits per heavy atom. The van der Waals surface area contributed by atoms with Crippen LogP contribution >= 0.6 is 34.5 Å². The lowest BCUT2D eigenvalue weighted by Crippen LogP contribution is -2.37. The summed E-state index contributed by atoms with van der Waals surface area (Å²) >= 11 is 13.8.